The average Bonchev–Trinajstić information content (AvgIpc) is 3.44. The van der Waals surface area contributed by atoms with Gasteiger partial charge in [-0.1, -0.05) is 24.3 Å². The van der Waals surface area contributed by atoms with Gasteiger partial charge in [-0.15, -0.1) is 20.5 Å². The molecule has 0 aliphatic heterocycles. The highest BCUT2D eigenvalue weighted by molar-refractivity contribution is 14.1. The standard InChI is InChI=1S/2C12F8I2N2.2C12H10N2/c2*13-1-5(17)11(6(18)2(14)9(1)21)23-24-12-7(19)3(15)10(22)4(16)8(12)20;2*1(11-3-7-13-8-4-11)2-12-5-9-14-10-6-12/h;;2*1-10H/b;;2*2-1+. The summed E-state index contributed by atoms with van der Waals surface area (Å²) in [4.78, 5) is 15.8. The number of aromatic nitrogens is 4. The zero-order valence-corrected chi connectivity index (χ0v) is 45.3. The Bertz CT molecular complexity index is 2920. The van der Waals surface area contributed by atoms with Crippen molar-refractivity contribution in [1.29, 1.82) is 0 Å². The molecule has 0 atom stereocenters. The second-order valence-electron chi connectivity index (χ2n) is 13.9. The molecule has 8 rings (SSSR count). The van der Waals surface area contributed by atoms with E-state index in [1.54, 1.807) is 49.6 Å². The van der Waals surface area contributed by atoms with Crippen molar-refractivity contribution in [2.45, 2.75) is 0 Å². The normalized spacial score (nSPS) is 11.2. The maximum atomic E-state index is 13.6. The Balaban J connectivity index is 0.000000193. The van der Waals surface area contributed by atoms with Gasteiger partial charge in [0.1, 0.15) is 0 Å². The fourth-order valence-corrected chi connectivity index (χ4v) is 7.10. The van der Waals surface area contributed by atoms with Gasteiger partial charge < -0.3 is 0 Å². The maximum absolute atomic E-state index is 13.6. The van der Waals surface area contributed by atoms with Crippen molar-refractivity contribution >= 4 is 137 Å². The van der Waals surface area contributed by atoms with Gasteiger partial charge in [0.05, 0.1) is 14.3 Å². The summed E-state index contributed by atoms with van der Waals surface area (Å²) in [6, 6.07) is 15.8. The lowest BCUT2D eigenvalue weighted by Gasteiger charge is -2.06. The number of pyridine rings is 4. The monoisotopic (exact) mass is 1520 g/mol. The summed E-state index contributed by atoms with van der Waals surface area (Å²) in [6.45, 7) is 0. The molecule has 0 radical (unpaired) electrons. The molecular weight excluding hydrogens is 1500 g/mol. The second kappa shape index (κ2) is 28.4. The largest absolute Gasteiger partial charge is 0.265 e. The number of nitrogens with zero attached hydrogens (tertiary/aromatic N) is 8. The van der Waals surface area contributed by atoms with Crippen LogP contribution in [0.4, 0.5) is 93.0 Å². The molecule has 0 unspecified atom stereocenters. The number of benzene rings is 4. The predicted molar refractivity (Wildman–Crippen MR) is 279 cm³/mol. The molecule has 0 spiro atoms. The molecule has 0 fully saturated rings. The van der Waals surface area contributed by atoms with Crippen LogP contribution in [0.3, 0.4) is 0 Å². The molecule has 0 saturated carbocycles. The average molecular weight is 1520 g/mol. The SMILES string of the molecule is C(=C\c1ccncc1)/c1ccncc1.C(=C\c1ccncc1)/c1ccncc1.Fc1c(F)c(N=Nc2c(F)c(F)c(I)c(F)c2F)c(F)c(F)c1I.Fc1c(F)c(N=Nc2c(F)c(F)c(I)c(F)c2F)c(F)c(F)c1I. The molecule has 8 nitrogen and oxygen atoms in total. The van der Waals surface area contributed by atoms with E-state index in [4.69, 9.17) is 0 Å². The van der Waals surface area contributed by atoms with Crippen molar-refractivity contribution in [2.75, 3.05) is 0 Å². The fourth-order valence-electron chi connectivity index (χ4n) is 5.21. The zero-order chi connectivity index (χ0) is 56.0. The second-order valence-corrected chi connectivity index (χ2v) is 18.2. The first-order chi connectivity index (χ1) is 36.1. The van der Waals surface area contributed by atoms with Crippen LogP contribution < -0.4 is 0 Å². The third-order valence-corrected chi connectivity index (χ3v) is 12.8. The molecule has 0 saturated heterocycles. The van der Waals surface area contributed by atoms with E-state index in [1.807, 2.05) is 48.5 Å². The lowest BCUT2D eigenvalue weighted by molar-refractivity contribution is 0.444. The Labute approximate surface area is 471 Å². The lowest BCUT2D eigenvalue weighted by Crippen LogP contribution is -2.00. The number of hydrogen-bond donors (Lipinski definition) is 0. The first kappa shape index (κ1) is 60.8. The number of halogens is 20. The van der Waals surface area contributed by atoms with Crippen molar-refractivity contribution in [1.82, 2.24) is 19.9 Å². The number of rotatable bonds is 8. The van der Waals surface area contributed by atoms with Gasteiger partial charge in [-0.25, -0.2) is 70.2 Å². The highest BCUT2D eigenvalue weighted by atomic mass is 127. The van der Waals surface area contributed by atoms with Crippen LogP contribution >= 0.6 is 90.4 Å². The molecule has 28 heteroatoms. The Morgan fingerprint density at radius 1 is 0.237 bits per heavy atom. The molecule has 0 amide bonds. The van der Waals surface area contributed by atoms with Gasteiger partial charge in [-0.05, 0) is 161 Å². The Hall–Kier alpha value is -6.04. The van der Waals surface area contributed by atoms with Crippen molar-refractivity contribution in [3.8, 4) is 0 Å². The summed E-state index contributed by atoms with van der Waals surface area (Å²) in [6.07, 6.45) is 22.5. The molecule has 0 N–H and O–H groups in total. The Kier molecular flexibility index (Phi) is 22.7. The third-order valence-electron chi connectivity index (χ3n) is 9.01. The van der Waals surface area contributed by atoms with Crippen molar-refractivity contribution in [3.63, 3.8) is 0 Å². The minimum atomic E-state index is -1.99. The van der Waals surface area contributed by atoms with Gasteiger partial charge in [0.25, 0.3) is 0 Å². The van der Waals surface area contributed by atoms with Gasteiger partial charge in [-0.3, -0.25) is 19.9 Å². The van der Waals surface area contributed by atoms with Crippen LogP contribution in [0.2, 0.25) is 0 Å². The molecule has 392 valence electrons. The smallest absolute Gasteiger partial charge is 0.190 e. The molecule has 8 aromatic rings. The van der Waals surface area contributed by atoms with Gasteiger partial charge in [0.15, 0.2) is 116 Å². The molecule has 4 heterocycles. The van der Waals surface area contributed by atoms with Gasteiger partial charge in [0.2, 0.25) is 0 Å². The van der Waals surface area contributed by atoms with E-state index in [2.05, 4.69) is 64.7 Å². The summed E-state index contributed by atoms with van der Waals surface area (Å²) >= 11 is 3.91. The topological polar surface area (TPSA) is 101 Å². The molecule has 0 aliphatic carbocycles. The van der Waals surface area contributed by atoms with E-state index >= 15 is 0 Å². The summed E-state index contributed by atoms with van der Waals surface area (Å²) < 4.78 is 211. The predicted octanol–water partition coefficient (Wildman–Crippen LogP) is 18.1. The van der Waals surface area contributed by atoms with E-state index in [9.17, 15) is 70.2 Å². The van der Waals surface area contributed by atoms with Crippen LogP contribution in [0.1, 0.15) is 22.3 Å². The van der Waals surface area contributed by atoms with E-state index in [1.165, 1.54) is 0 Å². The first-order valence-electron chi connectivity index (χ1n) is 19.9. The molecular formula is C48H20F16I4N8. The summed E-state index contributed by atoms with van der Waals surface area (Å²) in [5.74, 6) is -30.5. The summed E-state index contributed by atoms with van der Waals surface area (Å²) in [7, 11) is 0. The first-order valence-corrected chi connectivity index (χ1v) is 24.3. The van der Waals surface area contributed by atoms with Crippen LogP contribution in [0.15, 0.2) is 119 Å². The van der Waals surface area contributed by atoms with Crippen molar-refractivity contribution in [2.24, 2.45) is 20.5 Å². The van der Waals surface area contributed by atoms with Crippen LogP contribution in [0.25, 0.3) is 24.3 Å². The zero-order valence-electron chi connectivity index (χ0n) is 36.7. The van der Waals surface area contributed by atoms with Gasteiger partial charge >= 0.3 is 0 Å². The van der Waals surface area contributed by atoms with E-state index in [-0.39, 0.29) is 0 Å². The minimum Gasteiger partial charge on any atom is -0.265 e. The van der Waals surface area contributed by atoms with Crippen LogP contribution in [-0.2, 0) is 0 Å². The van der Waals surface area contributed by atoms with Crippen LogP contribution in [0, 0.1) is 107 Å². The van der Waals surface area contributed by atoms with E-state index in [0.717, 1.165) is 113 Å². The number of hydrogen-bond acceptors (Lipinski definition) is 8. The maximum Gasteiger partial charge on any atom is 0.190 e. The fraction of sp³-hybridized carbons (Fsp3) is 0. The van der Waals surface area contributed by atoms with Gasteiger partial charge in [-0.2, -0.15) is 0 Å². The van der Waals surface area contributed by atoms with E-state index < -0.39 is 130 Å². The molecule has 76 heavy (non-hydrogen) atoms. The highest BCUT2D eigenvalue weighted by Gasteiger charge is 2.29. The highest BCUT2D eigenvalue weighted by Crippen LogP contribution is 2.37. The molecule has 4 aromatic carbocycles. The summed E-state index contributed by atoms with van der Waals surface area (Å²) in [5.41, 5.74) is -2.00. The number of azo groups is 2. The third kappa shape index (κ3) is 15.1. The Morgan fingerprint density at radius 2 is 0.368 bits per heavy atom. The minimum absolute atomic E-state index is 0.977. The lowest BCUT2D eigenvalue weighted by atomic mass is 10.2. The van der Waals surface area contributed by atoms with Crippen molar-refractivity contribution < 1.29 is 70.2 Å². The van der Waals surface area contributed by atoms with Crippen LogP contribution in [-0.4, -0.2) is 19.9 Å². The van der Waals surface area contributed by atoms with Crippen LogP contribution in [0.5, 0.6) is 0 Å². The Morgan fingerprint density at radius 3 is 0.500 bits per heavy atom. The molecule has 0 aliphatic rings. The quantitative estimate of drug-likeness (QED) is 0.0497. The van der Waals surface area contributed by atoms with E-state index in [0.29, 0.717) is 0 Å². The van der Waals surface area contributed by atoms with Gasteiger partial charge in [0, 0.05) is 49.6 Å². The summed E-state index contributed by atoms with van der Waals surface area (Å²) in [5, 5.41) is 10.6. The molecule has 0 bridgehead atoms. The van der Waals surface area contributed by atoms with Crippen molar-refractivity contribution in [3.05, 3.63) is 228 Å². The molecule has 4 aromatic heterocycles.